The Morgan fingerprint density at radius 2 is 2.47 bits per heavy atom. The molecule has 1 aliphatic rings. The van der Waals surface area contributed by atoms with E-state index in [0.29, 0.717) is 17.1 Å². The second kappa shape index (κ2) is 4.66. The maximum atomic E-state index is 11.9. The first kappa shape index (κ1) is 12.4. The number of nitrogens with one attached hydrogen (secondary N) is 1. The van der Waals surface area contributed by atoms with Gasteiger partial charge in [-0.05, 0) is 32.8 Å². The second-order valence-electron chi connectivity index (χ2n) is 4.71. The number of amides is 1. The quantitative estimate of drug-likeness (QED) is 0.866. The van der Waals surface area contributed by atoms with E-state index < -0.39 is 0 Å². The highest BCUT2D eigenvalue weighted by Crippen LogP contribution is 2.25. The van der Waals surface area contributed by atoms with E-state index in [-0.39, 0.29) is 11.5 Å². The van der Waals surface area contributed by atoms with Crippen LogP contribution in [0.3, 0.4) is 0 Å². The van der Waals surface area contributed by atoms with Gasteiger partial charge in [-0.15, -0.1) is 11.3 Å². The van der Waals surface area contributed by atoms with Gasteiger partial charge in [-0.25, -0.2) is 0 Å². The summed E-state index contributed by atoms with van der Waals surface area (Å²) < 4.78 is 5.62. The average Bonchev–Trinajstić information content (AvgIpc) is 2.85. The van der Waals surface area contributed by atoms with E-state index in [9.17, 15) is 4.79 Å². The molecule has 94 valence electrons. The van der Waals surface area contributed by atoms with Crippen molar-refractivity contribution in [1.29, 1.82) is 0 Å². The number of rotatable bonds is 3. The molecule has 1 unspecified atom stereocenters. The van der Waals surface area contributed by atoms with E-state index in [1.54, 1.807) is 6.07 Å². The van der Waals surface area contributed by atoms with Gasteiger partial charge in [-0.2, -0.15) is 0 Å². The fraction of sp³-hybridized carbons (Fsp3) is 0.583. The maximum Gasteiger partial charge on any atom is 0.261 e. The Balaban J connectivity index is 1.93. The molecule has 1 aromatic heterocycles. The molecule has 1 fully saturated rings. The minimum absolute atomic E-state index is 0.0634. The van der Waals surface area contributed by atoms with E-state index >= 15 is 0 Å². The van der Waals surface area contributed by atoms with Gasteiger partial charge in [-0.1, -0.05) is 0 Å². The van der Waals surface area contributed by atoms with Crippen molar-refractivity contribution >= 4 is 22.9 Å². The first-order valence-corrected chi connectivity index (χ1v) is 6.60. The van der Waals surface area contributed by atoms with Crippen molar-refractivity contribution in [3.05, 3.63) is 15.8 Å². The molecule has 5 heteroatoms. The molecule has 1 atom stereocenters. The van der Waals surface area contributed by atoms with Crippen LogP contribution in [0, 0.1) is 6.92 Å². The van der Waals surface area contributed by atoms with Crippen LogP contribution in [0.2, 0.25) is 0 Å². The van der Waals surface area contributed by atoms with Gasteiger partial charge in [0.05, 0.1) is 10.5 Å². The summed E-state index contributed by atoms with van der Waals surface area (Å²) in [6.45, 7) is 5.30. The summed E-state index contributed by atoms with van der Waals surface area (Å²) in [6, 6.07) is 1.73. The molecule has 1 amide bonds. The number of nitrogens with two attached hydrogens (primary N) is 1. The first-order chi connectivity index (χ1) is 8.00. The van der Waals surface area contributed by atoms with Crippen molar-refractivity contribution in [2.24, 2.45) is 0 Å². The summed E-state index contributed by atoms with van der Waals surface area (Å²) >= 11 is 1.43. The standard InChI is InChI=1S/C12H18N2O2S/c1-8-9(13)6-10(17-8)11(15)14-7-12(2)4-3-5-16-12/h6H,3-5,7,13H2,1-2H3,(H,14,15). The number of carbonyl (C=O) groups is 1. The van der Waals surface area contributed by atoms with Crippen molar-refractivity contribution in [3.63, 3.8) is 0 Å². The molecule has 17 heavy (non-hydrogen) atoms. The molecule has 2 rings (SSSR count). The zero-order valence-electron chi connectivity index (χ0n) is 10.2. The number of carbonyl (C=O) groups excluding carboxylic acids is 1. The van der Waals surface area contributed by atoms with Crippen LogP contribution in [0.1, 0.15) is 34.3 Å². The lowest BCUT2D eigenvalue weighted by Gasteiger charge is -2.23. The van der Waals surface area contributed by atoms with Crippen molar-refractivity contribution < 1.29 is 9.53 Å². The minimum atomic E-state index is -0.201. The molecule has 0 aromatic carbocycles. The van der Waals surface area contributed by atoms with Crippen LogP contribution < -0.4 is 11.1 Å². The van der Waals surface area contributed by atoms with Crippen molar-refractivity contribution in [1.82, 2.24) is 5.32 Å². The smallest absolute Gasteiger partial charge is 0.261 e. The Labute approximate surface area is 105 Å². The van der Waals surface area contributed by atoms with Crippen LogP contribution in [-0.4, -0.2) is 24.7 Å². The molecule has 1 aliphatic heterocycles. The molecule has 3 N–H and O–H groups in total. The van der Waals surface area contributed by atoms with Gasteiger partial charge < -0.3 is 15.8 Å². The summed E-state index contributed by atoms with van der Waals surface area (Å²) in [6.07, 6.45) is 2.07. The summed E-state index contributed by atoms with van der Waals surface area (Å²) in [7, 11) is 0. The molecular formula is C12H18N2O2S. The second-order valence-corrected chi connectivity index (χ2v) is 5.96. The molecule has 0 bridgehead atoms. The third-order valence-electron chi connectivity index (χ3n) is 3.10. The Morgan fingerprint density at radius 1 is 1.71 bits per heavy atom. The monoisotopic (exact) mass is 254 g/mol. The summed E-state index contributed by atoms with van der Waals surface area (Å²) in [5.41, 5.74) is 6.21. The fourth-order valence-corrected chi connectivity index (χ4v) is 2.80. The topological polar surface area (TPSA) is 64.3 Å². The zero-order valence-corrected chi connectivity index (χ0v) is 11.0. The number of aryl methyl sites for hydroxylation is 1. The van der Waals surface area contributed by atoms with Gasteiger partial charge in [0, 0.05) is 23.7 Å². The predicted octanol–water partition coefficient (Wildman–Crippen LogP) is 1.94. The maximum absolute atomic E-state index is 11.9. The van der Waals surface area contributed by atoms with E-state index in [1.807, 2.05) is 13.8 Å². The Bertz CT molecular complexity index is 403. The van der Waals surface area contributed by atoms with Gasteiger partial charge in [0.2, 0.25) is 0 Å². The van der Waals surface area contributed by atoms with E-state index in [4.69, 9.17) is 10.5 Å². The van der Waals surface area contributed by atoms with Crippen molar-refractivity contribution in [2.45, 2.75) is 32.3 Å². The SMILES string of the molecule is Cc1sc(C(=O)NCC2(C)CCCO2)cc1N. The van der Waals surface area contributed by atoms with Crippen LogP contribution >= 0.6 is 11.3 Å². The van der Waals surface area contributed by atoms with E-state index in [0.717, 1.165) is 24.3 Å². The molecule has 1 saturated heterocycles. The third kappa shape index (κ3) is 2.79. The summed E-state index contributed by atoms with van der Waals surface area (Å²) in [4.78, 5) is 13.6. The lowest BCUT2D eigenvalue weighted by molar-refractivity contribution is 0.0206. The highest BCUT2D eigenvalue weighted by Gasteiger charge is 2.30. The van der Waals surface area contributed by atoms with Gasteiger partial charge in [0.1, 0.15) is 0 Å². The first-order valence-electron chi connectivity index (χ1n) is 5.78. The molecule has 0 spiro atoms. The number of anilines is 1. The molecule has 4 nitrogen and oxygen atoms in total. The highest BCUT2D eigenvalue weighted by atomic mass is 32.1. The van der Waals surface area contributed by atoms with Crippen LogP contribution in [0.4, 0.5) is 5.69 Å². The lowest BCUT2D eigenvalue weighted by atomic mass is 10.0. The molecule has 2 heterocycles. The highest BCUT2D eigenvalue weighted by molar-refractivity contribution is 7.14. The average molecular weight is 254 g/mol. The Hall–Kier alpha value is -1.07. The minimum Gasteiger partial charge on any atom is -0.398 e. The van der Waals surface area contributed by atoms with Crippen molar-refractivity contribution in [2.75, 3.05) is 18.9 Å². The normalized spacial score (nSPS) is 23.9. The number of hydrogen-bond donors (Lipinski definition) is 2. The Morgan fingerprint density at radius 3 is 3.00 bits per heavy atom. The number of ether oxygens (including phenoxy) is 1. The number of nitrogen functional groups attached to an aromatic ring is 1. The molecule has 1 aromatic rings. The largest absolute Gasteiger partial charge is 0.398 e. The van der Waals surface area contributed by atoms with Crippen LogP contribution in [0.25, 0.3) is 0 Å². The van der Waals surface area contributed by atoms with Gasteiger partial charge >= 0.3 is 0 Å². The molecule has 0 aliphatic carbocycles. The lowest BCUT2D eigenvalue weighted by Crippen LogP contribution is -2.39. The van der Waals surface area contributed by atoms with Gasteiger partial charge in [0.15, 0.2) is 0 Å². The predicted molar refractivity (Wildman–Crippen MR) is 69.4 cm³/mol. The summed E-state index contributed by atoms with van der Waals surface area (Å²) in [5, 5.41) is 2.91. The van der Waals surface area contributed by atoms with Crippen LogP contribution in [0.15, 0.2) is 6.07 Å². The Kier molecular flexibility index (Phi) is 3.40. The molecule has 0 radical (unpaired) electrons. The van der Waals surface area contributed by atoms with Gasteiger partial charge in [0.25, 0.3) is 5.91 Å². The van der Waals surface area contributed by atoms with Crippen molar-refractivity contribution in [3.8, 4) is 0 Å². The summed E-state index contributed by atoms with van der Waals surface area (Å²) in [5.74, 6) is -0.0634. The van der Waals surface area contributed by atoms with Crippen LogP contribution in [0.5, 0.6) is 0 Å². The third-order valence-corrected chi connectivity index (χ3v) is 4.17. The zero-order chi connectivity index (χ0) is 12.5. The van der Waals surface area contributed by atoms with E-state index in [2.05, 4.69) is 5.32 Å². The van der Waals surface area contributed by atoms with Crippen LogP contribution in [-0.2, 0) is 4.74 Å². The fourth-order valence-electron chi connectivity index (χ4n) is 1.94. The van der Waals surface area contributed by atoms with Gasteiger partial charge in [-0.3, -0.25) is 4.79 Å². The molecule has 0 saturated carbocycles. The number of hydrogen-bond acceptors (Lipinski definition) is 4. The number of thiophene rings is 1. The van der Waals surface area contributed by atoms with E-state index in [1.165, 1.54) is 11.3 Å². The molecular weight excluding hydrogens is 236 g/mol.